The average molecular weight is 363 g/mol. The minimum Gasteiger partial charge on any atom is -0.305 e. The lowest BCUT2D eigenvalue weighted by molar-refractivity contribution is -0.137. The number of fused-ring (bicyclic) bond motifs is 1. The highest BCUT2D eigenvalue weighted by molar-refractivity contribution is 6.03. The molecule has 3 aromatic rings. The van der Waals surface area contributed by atoms with Crippen molar-refractivity contribution in [1.29, 1.82) is 0 Å². The molecule has 0 saturated heterocycles. The number of amides is 1. The summed E-state index contributed by atoms with van der Waals surface area (Å²) in [5, 5.41) is 2.50. The lowest BCUT2D eigenvalue weighted by Crippen LogP contribution is -2.19. The molecule has 26 heavy (non-hydrogen) atoms. The number of hydrogen-bond acceptors (Lipinski definition) is 4. The maximum Gasteiger partial charge on any atom is 0.417 e. The summed E-state index contributed by atoms with van der Waals surface area (Å²) in [6.07, 6.45) is -2.00. The number of halogens is 3. The van der Waals surface area contributed by atoms with E-state index in [-0.39, 0.29) is 11.5 Å². The Morgan fingerprint density at radius 2 is 2.00 bits per heavy atom. The van der Waals surface area contributed by atoms with E-state index in [2.05, 4.69) is 15.3 Å². The summed E-state index contributed by atoms with van der Waals surface area (Å²) in [4.78, 5) is 22.5. The van der Waals surface area contributed by atoms with Gasteiger partial charge in [-0.15, -0.1) is 0 Å². The lowest BCUT2D eigenvalue weighted by Gasteiger charge is -2.11. The van der Waals surface area contributed by atoms with E-state index in [1.165, 1.54) is 0 Å². The van der Waals surface area contributed by atoms with E-state index in [9.17, 15) is 18.0 Å². The molecule has 3 rings (SSSR count). The van der Waals surface area contributed by atoms with E-state index in [4.69, 9.17) is 0 Å². The fourth-order valence-electron chi connectivity index (χ4n) is 2.49. The summed E-state index contributed by atoms with van der Waals surface area (Å²) >= 11 is 0. The van der Waals surface area contributed by atoms with Gasteiger partial charge in [-0.3, -0.25) is 4.79 Å². The van der Waals surface area contributed by atoms with Crippen LogP contribution in [-0.4, -0.2) is 39.3 Å². The van der Waals surface area contributed by atoms with E-state index in [0.717, 1.165) is 12.1 Å². The first kappa shape index (κ1) is 17.9. The number of carbonyl (C=O) groups is 1. The van der Waals surface area contributed by atoms with Crippen LogP contribution in [0.1, 0.15) is 21.7 Å². The van der Waals surface area contributed by atoms with Crippen molar-refractivity contribution in [2.24, 2.45) is 0 Å². The summed E-state index contributed by atoms with van der Waals surface area (Å²) in [7, 11) is 3.73. The minimum atomic E-state index is -4.48. The van der Waals surface area contributed by atoms with Crippen molar-refractivity contribution in [2.45, 2.75) is 12.7 Å². The predicted octanol–water partition coefficient (Wildman–Crippen LogP) is 3.06. The van der Waals surface area contributed by atoms with Crippen molar-refractivity contribution in [3.05, 3.63) is 59.7 Å². The van der Waals surface area contributed by atoms with Crippen LogP contribution in [0.2, 0.25) is 0 Å². The minimum absolute atomic E-state index is 0.0239. The third-order valence-corrected chi connectivity index (χ3v) is 3.64. The summed E-state index contributed by atoms with van der Waals surface area (Å²) < 4.78 is 39.6. The zero-order valence-electron chi connectivity index (χ0n) is 14.1. The molecule has 0 atom stereocenters. The van der Waals surface area contributed by atoms with Gasteiger partial charge in [0.15, 0.2) is 5.69 Å². The Morgan fingerprint density at radius 1 is 1.23 bits per heavy atom. The number of imidazole rings is 1. The van der Waals surface area contributed by atoms with Gasteiger partial charge in [0.25, 0.3) is 5.91 Å². The van der Waals surface area contributed by atoms with Gasteiger partial charge in [0.05, 0.1) is 11.3 Å². The Morgan fingerprint density at radius 3 is 2.62 bits per heavy atom. The summed E-state index contributed by atoms with van der Waals surface area (Å²) in [6, 6.07) is 7.38. The second-order valence-electron chi connectivity index (χ2n) is 5.96. The van der Waals surface area contributed by atoms with Crippen molar-refractivity contribution in [3.63, 3.8) is 0 Å². The third kappa shape index (κ3) is 3.67. The van der Waals surface area contributed by atoms with Crippen LogP contribution in [0.5, 0.6) is 0 Å². The number of rotatable bonds is 4. The average Bonchev–Trinajstić information content (AvgIpc) is 2.93. The van der Waals surface area contributed by atoms with Crippen LogP contribution in [0.3, 0.4) is 0 Å². The van der Waals surface area contributed by atoms with E-state index in [0.29, 0.717) is 24.1 Å². The second-order valence-corrected chi connectivity index (χ2v) is 5.96. The molecule has 0 aliphatic rings. The quantitative estimate of drug-likeness (QED) is 0.774. The molecule has 6 nitrogen and oxygen atoms in total. The molecule has 9 heteroatoms. The van der Waals surface area contributed by atoms with Gasteiger partial charge in [-0.1, -0.05) is 6.07 Å². The van der Waals surface area contributed by atoms with Crippen LogP contribution in [-0.2, 0) is 12.7 Å². The molecule has 1 N–H and O–H groups in total. The van der Waals surface area contributed by atoms with Crippen molar-refractivity contribution in [3.8, 4) is 0 Å². The van der Waals surface area contributed by atoms with Gasteiger partial charge in [-0.25, -0.2) is 9.97 Å². The summed E-state index contributed by atoms with van der Waals surface area (Å²) in [6.45, 7) is 0.467. The maximum atomic E-state index is 12.6. The first-order valence-electron chi connectivity index (χ1n) is 7.71. The largest absolute Gasteiger partial charge is 0.417 e. The number of aromatic nitrogens is 3. The number of nitrogens with one attached hydrogen (secondary N) is 1. The SMILES string of the molecule is CN(C)Cc1c(C(=O)Nc2ccc(C(F)(F)F)cn2)nc2ccccn12. The highest BCUT2D eigenvalue weighted by Crippen LogP contribution is 2.29. The molecule has 3 heterocycles. The molecule has 0 aliphatic carbocycles. The van der Waals surface area contributed by atoms with Crippen LogP contribution < -0.4 is 5.32 Å². The number of pyridine rings is 2. The molecule has 3 aromatic heterocycles. The molecule has 0 radical (unpaired) electrons. The number of anilines is 1. The first-order chi connectivity index (χ1) is 12.3. The van der Waals surface area contributed by atoms with E-state index in [1.54, 1.807) is 22.7 Å². The normalized spacial score (nSPS) is 11.9. The zero-order chi connectivity index (χ0) is 18.9. The fraction of sp³-hybridized carbons (Fsp3) is 0.235. The van der Waals surface area contributed by atoms with E-state index >= 15 is 0 Å². The van der Waals surface area contributed by atoms with E-state index < -0.39 is 17.6 Å². The highest BCUT2D eigenvalue weighted by Gasteiger charge is 2.30. The van der Waals surface area contributed by atoms with Crippen molar-refractivity contribution in [1.82, 2.24) is 19.3 Å². The molecule has 0 bridgehead atoms. The van der Waals surface area contributed by atoms with Crippen LogP contribution in [0.4, 0.5) is 19.0 Å². The van der Waals surface area contributed by atoms with Crippen LogP contribution in [0, 0.1) is 0 Å². The standard InChI is InChI=1S/C17H16F3N5O/c1-24(2)10-12-15(23-14-5-3-4-8-25(12)14)16(26)22-13-7-6-11(9-21-13)17(18,19)20/h3-9H,10H2,1-2H3,(H,21,22,26). The fourth-order valence-corrected chi connectivity index (χ4v) is 2.49. The van der Waals surface area contributed by atoms with Gasteiger partial charge in [0.1, 0.15) is 11.5 Å². The summed E-state index contributed by atoms with van der Waals surface area (Å²) in [5.41, 5.74) is 0.605. The van der Waals surface area contributed by atoms with Gasteiger partial charge < -0.3 is 14.6 Å². The van der Waals surface area contributed by atoms with Gasteiger partial charge in [0, 0.05) is 18.9 Å². The molecular formula is C17H16F3N5O. The summed E-state index contributed by atoms with van der Waals surface area (Å²) in [5.74, 6) is -0.506. The molecule has 0 saturated carbocycles. The van der Waals surface area contributed by atoms with Crippen molar-refractivity contribution >= 4 is 17.4 Å². The van der Waals surface area contributed by atoms with Crippen molar-refractivity contribution < 1.29 is 18.0 Å². The molecule has 0 aliphatic heterocycles. The molecule has 0 unspecified atom stereocenters. The Hall–Kier alpha value is -2.94. The number of hydrogen-bond donors (Lipinski definition) is 1. The first-order valence-corrected chi connectivity index (χ1v) is 7.71. The highest BCUT2D eigenvalue weighted by atomic mass is 19.4. The molecule has 1 amide bonds. The van der Waals surface area contributed by atoms with E-state index in [1.807, 2.05) is 25.1 Å². The number of alkyl halides is 3. The lowest BCUT2D eigenvalue weighted by atomic mass is 10.2. The number of carbonyl (C=O) groups excluding carboxylic acids is 1. The maximum absolute atomic E-state index is 12.6. The Bertz CT molecular complexity index is 932. The monoisotopic (exact) mass is 363 g/mol. The Kier molecular flexibility index (Phi) is 4.64. The second kappa shape index (κ2) is 6.75. The van der Waals surface area contributed by atoms with Gasteiger partial charge >= 0.3 is 6.18 Å². The van der Waals surface area contributed by atoms with Crippen LogP contribution in [0.15, 0.2) is 42.7 Å². The van der Waals surface area contributed by atoms with Crippen LogP contribution in [0.25, 0.3) is 5.65 Å². The van der Waals surface area contributed by atoms with Crippen molar-refractivity contribution in [2.75, 3.05) is 19.4 Å². The molecular weight excluding hydrogens is 347 g/mol. The smallest absolute Gasteiger partial charge is 0.305 e. The van der Waals surface area contributed by atoms with Gasteiger partial charge in [-0.2, -0.15) is 13.2 Å². The van der Waals surface area contributed by atoms with Gasteiger partial charge in [-0.05, 0) is 38.4 Å². The predicted molar refractivity (Wildman–Crippen MR) is 89.8 cm³/mol. The topological polar surface area (TPSA) is 62.5 Å². The third-order valence-electron chi connectivity index (χ3n) is 3.64. The Balaban J connectivity index is 1.90. The molecule has 0 fully saturated rings. The Labute approximate surface area is 147 Å². The number of nitrogens with zero attached hydrogens (tertiary/aromatic N) is 4. The molecule has 0 spiro atoms. The molecule has 0 aromatic carbocycles. The van der Waals surface area contributed by atoms with Gasteiger partial charge in [0.2, 0.25) is 0 Å². The molecule has 136 valence electrons. The zero-order valence-corrected chi connectivity index (χ0v) is 14.1. The van der Waals surface area contributed by atoms with Crippen LogP contribution >= 0.6 is 0 Å².